The molecule has 0 bridgehead atoms. The van der Waals surface area contributed by atoms with Crippen LogP contribution in [0, 0.1) is 6.92 Å². The molecule has 0 atom stereocenters. The lowest BCUT2D eigenvalue weighted by Crippen LogP contribution is -2.07. The number of nitrogens with zero attached hydrogens (tertiary/aromatic N) is 2. The van der Waals surface area contributed by atoms with Gasteiger partial charge >= 0.3 is 5.97 Å². The smallest absolute Gasteiger partial charge is 0.363 e. The van der Waals surface area contributed by atoms with E-state index in [0.717, 1.165) is 16.9 Å². The molecule has 1 aliphatic heterocycles. The van der Waals surface area contributed by atoms with Gasteiger partial charge in [-0.05, 0) is 37.6 Å². The van der Waals surface area contributed by atoms with Crippen molar-refractivity contribution in [2.75, 3.05) is 6.61 Å². The molecule has 0 amide bonds. The number of ether oxygens (including phenoxy) is 2. The predicted octanol–water partition coefficient (Wildman–Crippen LogP) is 4.39. The van der Waals surface area contributed by atoms with Crippen molar-refractivity contribution in [3.8, 4) is 17.0 Å². The molecule has 0 unspecified atom stereocenters. The van der Waals surface area contributed by atoms with Gasteiger partial charge in [0.15, 0.2) is 5.70 Å². The molecule has 0 fully saturated rings. The SMILES string of the molecule is CCOc1ccc(C=C2N=C(c3c(-c4ccccc4)noc3C)OC2=O)cc1. The topological polar surface area (TPSA) is 73.9 Å². The van der Waals surface area contributed by atoms with Crippen LogP contribution in [0.15, 0.2) is 69.8 Å². The number of carbonyl (C=O) groups excluding carboxylic acids is 1. The van der Waals surface area contributed by atoms with E-state index in [1.54, 1.807) is 13.0 Å². The second-order valence-corrected chi connectivity index (χ2v) is 6.17. The van der Waals surface area contributed by atoms with E-state index in [4.69, 9.17) is 14.0 Å². The Morgan fingerprint density at radius 1 is 1.07 bits per heavy atom. The van der Waals surface area contributed by atoms with Crippen LogP contribution >= 0.6 is 0 Å². The van der Waals surface area contributed by atoms with Gasteiger partial charge in [-0.25, -0.2) is 9.79 Å². The van der Waals surface area contributed by atoms with Crippen LogP contribution in [0.2, 0.25) is 0 Å². The number of aliphatic imine (C=N–C) groups is 1. The van der Waals surface area contributed by atoms with Crippen molar-refractivity contribution < 1.29 is 18.8 Å². The van der Waals surface area contributed by atoms with E-state index in [0.29, 0.717) is 23.6 Å². The van der Waals surface area contributed by atoms with Crippen molar-refractivity contribution in [3.63, 3.8) is 0 Å². The molecule has 1 aliphatic rings. The Morgan fingerprint density at radius 2 is 1.82 bits per heavy atom. The van der Waals surface area contributed by atoms with Crippen molar-refractivity contribution in [2.24, 2.45) is 4.99 Å². The summed E-state index contributed by atoms with van der Waals surface area (Å²) < 4.78 is 16.2. The summed E-state index contributed by atoms with van der Waals surface area (Å²) in [5.74, 6) is 0.992. The molecule has 1 aromatic heterocycles. The molecular weight excluding hydrogens is 356 g/mol. The Morgan fingerprint density at radius 3 is 2.54 bits per heavy atom. The number of rotatable bonds is 5. The van der Waals surface area contributed by atoms with Gasteiger partial charge in [-0.15, -0.1) is 0 Å². The van der Waals surface area contributed by atoms with Crippen LogP contribution in [-0.2, 0) is 9.53 Å². The summed E-state index contributed by atoms with van der Waals surface area (Å²) in [6, 6.07) is 17.0. The average Bonchev–Trinajstić information content (AvgIpc) is 3.27. The van der Waals surface area contributed by atoms with Gasteiger partial charge in [0.25, 0.3) is 0 Å². The number of esters is 1. The van der Waals surface area contributed by atoms with Crippen LogP contribution in [-0.4, -0.2) is 23.6 Å². The first kappa shape index (κ1) is 17.7. The van der Waals surface area contributed by atoms with Crippen molar-refractivity contribution in [1.29, 1.82) is 0 Å². The molecule has 140 valence electrons. The van der Waals surface area contributed by atoms with E-state index >= 15 is 0 Å². The van der Waals surface area contributed by atoms with Gasteiger partial charge in [0.2, 0.25) is 5.90 Å². The first-order valence-electron chi connectivity index (χ1n) is 8.93. The van der Waals surface area contributed by atoms with E-state index in [1.807, 2.05) is 61.5 Å². The Labute approximate surface area is 162 Å². The molecular formula is C22H18N2O4. The summed E-state index contributed by atoms with van der Waals surface area (Å²) >= 11 is 0. The number of aryl methyl sites for hydroxylation is 1. The van der Waals surface area contributed by atoms with Crippen molar-refractivity contribution in [2.45, 2.75) is 13.8 Å². The average molecular weight is 374 g/mol. The zero-order valence-electron chi connectivity index (χ0n) is 15.5. The number of hydrogen-bond donors (Lipinski definition) is 0. The second kappa shape index (κ2) is 7.52. The summed E-state index contributed by atoms with van der Waals surface area (Å²) in [5, 5.41) is 4.11. The highest BCUT2D eigenvalue weighted by Gasteiger charge is 2.30. The van der Waals surface area contributed by atoms with Crippen LogP contribution in [0.4, 0.5) is 0 Å². The number of hydrogen-bond acceptors (Lipinski definition) is 6. The Balaban J connectivity index is 1.68. The maximum Gasteiger partial charge on any atom is 0.363 e. The van der Waals surface area contributed by atoms with Crippen LogP contribution < -0.4 is 4.74 Å². The van der Waals surface area contributed by atoms with Gasteiger partial charge in [-0.2, -0.15) is 0 Å². The highest BCUT2D eigenvalue weighted by molar-refractivity contribution is 6.15. The molecule has 3 aromatic rings. The van der Waals surface area contributed by atoms with E-state index in [-0.39, 0.29) is 11.6 Å². The van der Waals surface area contributed by atoms with Crippen LogP contribution in [0.3, 0.4) is 0 Å². The molecule has 2 heterocycles. The summed E-state index contributed by atoms with van der Waals surface area (Å²) in [5.41, 5.74) is 3.07. The Bertz CT molecular complexity index is 1060. The fraction of sp³-hybridized carbons (Fsp3) is 0.136. The van der Waals surface area contributed by atoms with Gasteiger partial charge in [0, 0.05) is 5.56 Å². The minimum Gasteiger partial charge on any atom is -0.494 e. The van der Waals surface area contributed by atoms with E-state index in [1.165, 1.54) is 0 Å². The lowest BCUT2D eigenvalue weighted by Gasteiger charge is -2.02. The van der Waals surface area contributed by atoms with Crippen LogP contribution in [0.25, 0.3) is 17.3 Å². The monoisotopic (exact) mass is 374 g/mol. The van der Waals surface area contributed by atoms with Crippen molar-refractivity contribution in [1.82, 2.24) is 5.16 Å². The Hall–Kier alpha value is -3.67. The highest BCUT2D eigenvalue weighted by Crippen LogP contribution is 2.29. The quantitative estimate of drug-likeness (QED) is 0.489. The molecule has 0 N–H and O–H groups in total. The van der Waals surface area contributed by atoms with Crippen LogP contribution in [0.5, 0.6) is 5.75 Å². The summed E-state index contributed by atoms with van der Waals surface area (Å²) in [6.45, 7) is 4.29. The van der Waals surface area contributed by atoms with E-state index in [2.05, 4.69) is 10.1 Å². The first-order chi connectivity index (χ1) is 13.7. The predicted molar refractivity (Wildman–Crippen MR) is 105 cm³/mol. The molecule has 4 rings (SSSR count). The minimum absolute atomic E-state index is 0.194. The summed E-state index contributed by atoms with van der Waals surface area (Å²) in [6.07, 6.45) is 1.68. The molecule has 6 heteroatoms. The largest absolute Gasteiger partial charge is 0.494 e. The third-order valence-electron chi connectivity index (χ3n) is 4.24. The molecule has 0 radical (unpaired) electrons. The zero-order valence-corrected chi connectivity index (χ0v) is 15.5. The number of benzene rings is 2. The first-order valence-corrected chi connectivity index (χ1v) is 8.93. The van der Waals surface area contributed by atoms with Crippen LogP contribution in [0.1, 0.15) is 23.8 Å². The fourth-order valence-corrected chi connectivity index (χ4v) is 2.92. The summed E-state index contributed by atoms with van der Waals surface area (Å²) in [7, 11) is 0. The molecule has 0 spiro atoms. The minimum atomic E-state index is -0.511. The fourth-order valence-electron chi connectivity index (χ4n) is 2.92. The standard InChI is InChI=1S/C22H18N2O4/c1-3-26-17-11-9-15(10-12-17)13-18-22(25)27-21(23-18)19-14(2)28-24-20(19)16-7-5-4-6-8-16/h4-13H,3H2,1-2H3. The normalized spacial score (nSPS) is 14.9. The molecule has 0 saturated carbocycles. The third kappa shape index (κ3) is 3.44. The number of aromatic nitrogens is 1. The van der Waals surface area contributed by atoms with E-state index in [9.17, 15) is 4.79 Å². The van der Waals surface area contributed by atoms with Crippen molar-refractivity contribution in [3.05, 3.63) is 77.2 Å². The number of cyclic esters (lactones) is 1. The lowest BCUT2D eigenvalue weighted by atomic mass is 10.1. The maximum absolute atomic E-state index is 12.3. The van der Waals surface area contributed by atoms with Gasteiger partial charge in [0.1, 0.15) is 22.8 Å². The van der Waals surface area contributed by atoms with Gasteiger partial charge in [-0.3, -0.25) is 0 Å². The van der Waals surface area contributed by atoms with Gasteiger partial charge in [-0.1, -0.05) is 47.6 Å². The van der Waals surface area contributed by atoms with Crippen molar-refractivity contribution >= 4 is 17.9 Å². The zero-order chi connectivity index (χ0) is 19.5. The Kier molecular flexibility index (Phi) is 4.76. The van der Waals surface area contributed by atoms with Gasteiger partial charge in [0.05, 0.1) is 6.61 Å². The second-order valence-electron chi connectivity index (χ2n) is 6.17. The summed E-state index contributed by atoms with van der Waals surface area (Å²) in [4.78, 5) is 16.7. The molecule has 0 saturated heterocycles. The molecule has 0 aliphatic carbocycles. The molecule has 2 aromatic carbocycles. The number of carbonyl (C=O) groups is 1. The maximum atomic E-state index is 12.3. The highest BCUT2D eigenvalue weighted by atomic mass is 16.6. The molecule has 6 nitrogen and oxygen atoms in total. The van der Waals surface area contributed by atoms with Gasteiger partial charge < -0.3 is 14.0 Å². The third-order valence-corrected chi connectivity index (χ3v) is 4.24. The lowest BCUT2D eigenvalue weighted by molar-refractivity contribution is -0.129. The molecule has 28 heavy (non-hydrogen) atoms. The van der Waals surface area contributed by atoms with E-state index < -0.39 is 5.97 Å².